The Hall–Kier alpha value is -1.56. The fourth-order valence-corrected chi connectivity index (χ4v) is 5.47. The number of hydrogen-bond donors (Lipinski definition) is 5. The van der Waals surface area contributed by atoms with Gasteiger partial charge >= 0.3 is 0 Å². The van der Waals surface area contributed by atoms with Crippen molar-refractivity contribution >= 4 is 23.1 Å². The van der Waals surface area contributed by atoms with E-state index < -0.39 is 64.9 Å². The third-order valence-corrected chi connectivity index (χ3v) is 8.07. The molecule has 1 aliphatic rings. The monoisotopic (exact) mass is 572 g/mol. The summed E-state index contributed by atoms with van der Waals surface area (Å²) in [6, 6.07) is 0. The van der Waals surface area contributed by atoms with Gasteiger partial charge in [-0.15, -0.1) is 0 Å². The van der Waals surface area contributed by atoms with E-state index in [1.165, 1.54) is 0 Å². The van der Waals surface area contributed by atoms with Crippen LogP contribution in [0.2, 0.25) is 0 Å². The van der Waals surface area contributed by atoms with Crippen molar-refractivity contribution in [1.82, 2.24) is 0 Å². The van der Waals surface area contributed by atoms with Crippen LogP contribution in [0.4, 0.5) is 0 Å². The second-order valence-electron chi connectivity index (χ2n) is 11.2. The smallest absolute Gasteiger partial charge is 0.213 e. The molecule has 0 aromatic heterocycles. The summed E-state index contributed by atoms with van der Waals surface area (Å²) in [6.07, 6.45) is -2.19. The topological polar surface area (TPSA) is 179 Å². The Morgan fingerprint density at radius 1 is 0.625 bits per heavy atom. The van der Waals surface area contributed by atoms with Crippen molar-refractivity contribution in [3.05, 3.63) is 0 Å². The maximum absolute atomic E-state index is 13.8. The second-order valence-corrected chi connectivity index (χ2v) is 11.2. The van der Waals surface area contributed by atoms with Crippen molar-refractivity contribution in [3.8, 4) is 0 Å². The highest BCUT2D eigenvalue weighted by molar-refractivity contribution is 6.07. The summed E-state index contributed by atoms with van der Waals surface area (Å²) in [7, 11) is 0. The van der Waals surface area contributed by atoms with Crippen LogP contribution in [0.3, 0.4) is 0 Å². The molecule has 1 heterocycles. The second kappa shape index (κ2) is 16.8. The van der Waals surface area contributed by atoms with Crippen LogP contribution in [-0.2, 0) is 23.9 Å². The summed E-state index contributed by atoms with van der Waals surface area (Å²) in [5.41, 5.74) is -10.4. The molecule has 0 aliphatic carbocycles. The molecule has 0 aromatic rings. The van der Waals surface area contributed by atoms with Crippen molar-refractivity contribution in [1.29, 1.82) is 0 Å². The predicted molar refractivity (Wildman–Crippen MR) is 148 cm³/mol. The number of carbonyl (C=O) groups is 4. The number of rotatable bonds is 21. The van der Waals surface area contributed by atoms with Crippen molar-refractivity contribution in [2.75, 3.05) is 0 Å². The molecule has 0 radical (unpaired) electrons. The van der Waals surface area contributed by atoms with Gasteiger partial charge in [-0.2, -0.15) is 0 Å². The van der Waals surface area contributed by atoms with Crippen LogP contribution in [0, 0.1) is 0 Å². The van der Waals surface area contributed by atoms with Gasteiger partial charge in [-0.1, -0.05) is 79.1 Å². The molecule has 10 heteroatoms. The van der Waals surface area contributed by atoms with E-state index in [2.05, 4.69) is 0 Å². The molecular weight excluding hydrogens is 520 g/mol. The van der Waals surface area contributed by atoms with Crippen LogP contribution < -0.4 is 0 Å². The molecule has 1 rings (SSSR count). The lowest BCUT2D eigenvalue weighted by Crippen LogP contribution is -2.87. The summed E-state index contributed by atoms with van der Waals surface area (Å²) in [5.74, 6) is -4.41. The molecule has 0 amide bonds. The van der Waals surface area contributed by atoms with Crippen LogP contribution in [0.15, 0.2) is 0 Å². The van der Waals surface area contributed by atoms with E-state index in [1.54, 1.807) is 0 Å². The minimum absolute atomic E-state index is 0.145. The lowest BCUT2D eigenvalue weighted by atomic mass is 9.58. The summed E-state index contributed by atoms with van der Waals surface area (Å²) in [6.45, 7) is 7.54. The molecule has 1 aliphatic heterocycles. The van der Waals surface area contributed by atoms with Crippen molar-refractivity contribution in [2.45, 2.75) is 166 Å². The minimum Gasteiger partial charge on any atom is -0.382 e. The van der Waals surface area contributed by atoms with Crippen molar-refractivity contribution < 1.29 is 49.4 Å². The van der Waals surface area contributed by atoms with Crippen LogP contribution in [-0.4, -0.2) is 84.0 Å². The first-order chi connectivity index (χ1) is 18.9. The number of unbranched alkanes of at least 4 members (excludes halogenated alkanes) is 8. The van der Waals surface area contributed by atoms with E-state index in [4.69, 9.17) is 4.74 Å². The SMILES string of the molecule is CCCCCC(=O)C(O)[C@H]1OC(O)[C@@](O)(C(=O)CCCCC)[C@](O)(C(=O)CCCCC)[C@@]1(O)C(=O)CCCCC. The quantitative estimate of drug-likeness (QED) is 0.128. The first kappa shape index (κ1) is 36.5. The van der Waals surface area contributed by atoms with Crippen LogP contribution in [0.1, 0.15) is 130 Å². The summed E-state index contributed by atoms with van der Waals surface area (Å²) < 4.78 is 5.36. The molecule has 10 nitrogen and oxygen atoms in total. The minimum atomic E-state index is -3.58. The summed E-state index contributed by atoms with van der Waals surface area (Å²) in [4.78, 5) is 53.9. The van der Waals surface area contributed by atoms with Crippen LogP contribution in [0.25, 0.3) is 0 Å². The zero-order valence-electron chi connectivity index (χ0n) is 24.8. The van der Waals surface area contributed by atoms with E-state index in [-0.39, 0.29) is 38.5 Å². The number of ketones is 4. The highest BCUT2D eigenvalue weighted by Gasteiger charge is 2.80. The Bertz CT molecular complexity index is 844. The van der Waals surface area contributed by atoms with Crippen molar-refractivity contribution in [3.63, 3.8) is 0 Å². The normalized spacial score (nSPS) is 29.2. The molecule has 0 bridgehead atoms. The van der Waals surface area contributed by atoms with Gasteiger partial charge in [-0.05, 0) is 25.7 Å². The average Bonchev–Trinajstić information content (AvgIpc) is 2.93. The molecule has 0 saturated carbocycles. The van der Waals surface area contributed by atoms with E-state index in [0.717, 1.165) is 6.42 Å². The van der Waals surface area contributed by atoms with Gasteiger partial charge in [0.05, 0.1) is 0 Å². The van der Waals surface area contributed by atoms with E-state index >= 15 is 0 Å². The maximum atomic E-state index is 13.8. The molecule has 6 atom stereocenters. The molecule has 2 unspecified atom stereocenters. The number of Topliss-reactive ketones (excluding diaryl/α,β-unsaturated/α-hetero) is 4. The van der Waals surface area contributed by atoms with Gasteiger partial charge in [-0.25, -0.2) is 0 Å². The molecule has 0 spiro atoms. The zero-order chi connectivity index (χ0) is 30.6. The molecule has 5 N–H and O–H groups in total. The van der Waals surface area contributed by atoms with Gasteiger partial charge in [0.2, 0.25) is 11.2 Å². The molecule has 1 fully saturated rings. The third kappa shape index (κ3) is 7.44. The van der Waals surface area contributed by atoms with Crippen molar-refractivity contribution in [2.24, 2.45) is 0 Å². The van der Waals surface area contributed by atoms with E-state index in [1.807, 2.05) is 27.7 Å². The largest absolute Gasteiger partial charge is 0.382 e. The highest BCUT2D eigenvalue weighted by atomic mass is 16.7. The average molecular weight is 573 g/mol. The first-order valence-corrected chi connectivity index (χ1v) is 15.2. The maximum Gasteiger partial charge on any atom is 0.213 e. The van der Waals surface area contributed by atoms with Gasteiger partial charge in [0, 0.05) is 25.7 Å². The first-order valence-electron chi connectivity index (χ1n) is 15.2. The van der Waals surface area contributed by atoms with Crippen LogP contribution in [0.5, 0.6) is 0 Å². The number of aliphatic hydroxyl groups is 5. The molecule has 0 aromatic carbocycles. The molecule has 232 valence electrons. The summed E-state index contributed by atoms with van der Waals surface area (Å²) >= 11 is 0. The predicted octanol–water partition coefficient (Wildman–Crippen LogP) is 2.86. The van der Waals surface area contributed by atoms with Crippen LogP contribution >= 0.6 is 0 Å². The van der Waals surface area contributed by atoms with E-state index in [0.29, 0.717) is 51.4 Å². The summed E-state index contributed by atoms with van der Waals surface area (Å²) in [5, 5.41) is 58.1. The third-order valence-electron chi connectivity index (χ3n) is 8.07. The number of ether oxygens (including phenoxy) is 1. The van der Waals surface area contributed by atoms with Gasteiger partial charge < -0.3 is 30.3 Å². The standard InChI is InChI=1S/C30H52O10/c1-5-9-13-17-21(31)25(35)26-28(37,22(32)18-14-10-6-2)30(39,24(34)20-16-12-8-4)29(38,27(36)40-26)23(33)19-15-11-7-3/h25-27,35-39H,5-20H2,1-4H3/t25?,26-,27?,28-,29+,30+/m1/s1. The fraction of sp³-hybridized carbons (Fsp3) is 0.867. The lowest BCUT2D eigenvalue weighted by molar-refractivity contribution is -0.365. The van der Waals surface area contributed by atoms with Gasteiger partial charge in [0.15, 0.2) is 35.0 Å². The Morgan fingerprint density at radius 2 is 1.00 bits per heavy atom. The number of aliphatic hydroxyl groups excluding tert-OH is 2. The Balaban J connectivity index is 3.81. The Labute approximate surface area is 238 Å². The zero-order valence-corrected chi connectivity index (χ0v) is 24.8. The van der Waals surface area contributed by atoms with E-state index in [9.17, 15) is 44.7 Å². The van der Waals surface area contributed by atoms with Gasteiger partial charge in [0.1, 0.15) is 12.2 Å². The number of hydrogen-bond acceptors (Lipinski definition) is 10. The Kier molecular flexibility index (Phi) is 15.3. The van der Waals surface area contributed by atoms with Gasteiger partial charge in [0.25, 0.3) is 0 Å². The molecule has 1 saturated heterocycles. The fourth-order valence-electron chi connectivity index (χ4n) is 5.47. The highest BCUT2D eigenvalue weighted by Crippen LogP contribution is 2.49. The molecular formula is C30H52O10. The van der Waals surface area contributed by atoms with Gasteiger partial charge in [-0.3, -0.25) is 19.2 Å². The lowest BCUT2D eigenvalue weighted by Gasteiger charge is -2.58. The Morgan fingerprint density at radius 3 is 1.43 bits per heavy atom. The molecule has 40 heavy (non-hydrogen) atoms. The number of carbonyl (C=O) groups excluding carboxylic acids is 4.